The number of para-hydroxylation sites is 1. The van der Waals surface area contributed by atoms with Crippen LogP contribution in [0.5, 0.6) is 5.75 Å². The zero-order chi connectivity index (χ0) is 23.0. The van der Waals surface area contributed by atoms with Gasteiger partial charge in [0.2, 0.25) is 0 Å². The maximum absolute atomic E-state index is 13.7. The molecule has 4 rings (SSSR count). The lowest BCUT2D eigenvalue weighted by Crippen LogP contribution is -2.39. The van der Waals surface area contributed by atoms with E-state index in [2.05, 4.69) is 5.16 Å². The van der Waals surface area contributed by atoms with E-state index in [1.54, 1.807) is 18.2 Å². The number of halogens is 2. The fourth-order valence-electron chi connectivity index (χ4n) is 3.78. The Morgan fingerprint density at radius 2 is 1.79 bits per heavy atom. The molecule has 0 fully saturated rings. The van der Waals surface area contributed by atoms with Crippen LogP contribution >= 0.6 is 0 Å². The lowest BCUT2D eigenvalue weighted by molar-refractivity contribution is 0.0213. The van der Waals surface area contributed by atoms with Gasteiger partial charge >= 0.3 is 0 Å². The zero-order valence-electron chi connectivity index (χ0n) is 18.1. The van der Waals surface area contributed by atoms with E-state index in [1.165, 1.54) is 24.3 Å². The van der Waals surface area contributed by atoms with Gasteiger partial charge in [-0.15, -0.1) is 0 Å². The number of nitrogens with zero attached hydrogens (tertiary/aromatic N) is 2. The van der Waals surface area contributed by atoms with Crippen LogP contribution < -0.4 is 4.74 Å². The lowest BCUT2D eigenvalue weighted by Gasteiger charge is -2.27. The molecule has 172 valence electrons. The van der Waals surface area contributed by atoms with Crippen LogP contribution in [-0.2, 0) is 11.4 Å². The second-order valence-corrected chi connectivity index (χ2v) is 8.08. The summed E-state index contributed by atoms with van der Waals surface area (Å²) in [5.41, 5.74) is 2.36. The first kappa shape index (κ1) is 22.9. The quantitative estimate of drug-likeness (QED) is 0.496. The van der Waals surface area contributed by atoms with Gasteiger partial charge in [-0.25, -0.2) is 8.78 Å². The van der Waals surface area contributed by atoms with Gasteiger partial charge < -0.3 is 14.7 Å². The van der Waals surface area contributed by atoms with Crippen molar-refractivity contribution in [2.45, 2.75) is 25.2 Å². The highest BCUT2D eigenvalue weighted by atomic mass is 19.1. The number of hydrogen-bond donors (Lipinski definition) is 1. The van der Waals surface area contributed by atoms with Crippen molar-refractivity contribution in [3.8, 4) is 5.75 Å². The smallest absolute Gasteiger partial charge is 0.145 e. The van der Waals surface area contributed by atoms with Gasteiger partial charge in [0.1, 0.15) is 36.2 Å². The largest absolute Gasteiger partial charge is 0.491 e. The normalized spacial score (nSPS) is 16.4. The topological polar surface area (TPSA) is 54.3 Å². The predicted octanol–water partition coefficient (Wildman–Crippen LogP) is 4.40. The van der Waals surface area contributed by atoms with Crippen molar-refractivity contribution in [1.82, 2.24) is 4.90 Å². The first-order valence-corrected chi connectivity index (χ1v) is 10.9. The zero-order valence-corrected chi connectivity index (χ0v) is 18.1. The highest BCUT2D eigenvalue weighted by Crippen LogP contribution is 2.19. The molecule has 2 atom stereocenters. The molecule has 0 saturated heterocycles. The van der Waals surface area contributed by atoms with Crippen molar-refractivity contribution in [2.24, 2.45) is 5.16 Å². The highest BCUT2D eigenvalue weighted by molar-refractivity contribution is 6.01. The van der Waals surface area contributed by atoms with Crippen LogP contribution in [0.25, 0.3) is 0 Å². The minimum atomic E-state index is -0.752. The maximum atomic E-state index is 13.7. The van der Waals surface area contributed by atoms with Gasteiger partial charge in [0, 0.05) is 26.1 Å². The van der Waals surface area contributed by atoms with E-state index in [-0.39, 0.29) is 24.3 Å². The van der Waals surface area contributed by atoms with Gasteiger partial charge in [-0.2, -0.15) is 0 Å². The summed E-state index contributed by atoms with van der Waals surface area (Å²) >= 11 is 0. The van der Waals surface area contributed by atoms with Gasteiger partial charge in [0.05, 0.1) is 5.71 Å². The third-order valence-corrected chi connectivity index (χ3v) is 5.32. The summed E-state index contributed by atoms with van der Waals surface area (Å²) in [5, 5.41) is 14.8. The summed E-state index contributed by atoms with van der Waals surface area (Å²) in [6.07, 6.45) is -0.430. The van der Waals surface area contributed by atoms with E-state index >= 15 is 0 Å². The highest BCUT2D eigenvalue weighted by Gasteiger charge is 2.26. The van der Waals surface area contributed by atoms with Crippen molar-refractivity contribution in [3.63, 3.8) is 0 Å². The molecule has 1 N–H and O–H groups in total. The fourth-order valence-corrected chi connectivity index (χ4v) is 3.78. The molecule has 1 aliphatic heterocycles. The SMILES string of the molecule is OC(COc1ccccc1)CN(Cc1cccc(F)c1)CC1CC(c2ccc(F)cc2)=NO1. The van der Waals surface area contributed by atoms with Gasteiger partial charge in [-0.05, 0) is 47.5 Å². The standard InChI is InChI=1S/C26H26F2N2O3/c27-21-11-9-20(10-12-21)26-14-25(33-29-26)17-30(15-19-5-4-6-22(28)13-19)16-23(31)18-32-24-7-2-1-3-8-24/h1-13,23,25,31H,14-18H2. The van der Waals surface area contributed by atoms with Gasteiger partial charge in [0.15, 0.2) is 0 Å². The Balaban J connectivity index is 1.37. The number of rotatable bonds is 10. The molecule has 0 aliphatic carbocycles. The number of oxime groups is 1. The Morgan fingerprint density at radius 3 is 2.55 bits per heavy atom. The molecule has 33 heavy (non-hydrogen) atoms. The molecule has 7 heteroatoms. The van der Waals surface area contributed by atoms with Crippen LogP contribution in [0.3, 0.4) is 0 Å². The molecular weight excluding hydrogens is 426 g/mol. The summed E-state index contributed by atoms with van der Waals surface area (Å²) in [6, 6.07) is 21.8. The van der Waals surface area contributed by atoms with Crippen molar-refractivity contribution in [2.75, 3.05) is 19.7 Å². The Morgan fingerprint density at radius 1 is 1.00 bits per heavy atom. The van der Waals surface area contributed by atoms with Crippen LogP contribution in [0.2, 0.25) is 0 Å². The second kappa shape index (κ2) is 11.0. The summed E-state index contributed by atoms with van der Waals surface area (Å²) in [4.78, 5) is 7.62. The molecule has 0 amide bonds. The Kier molecular flexibility index (Phi) is 7.65. The molecule has 1 aliphatic rings. The monoisotopic (exact) mass is 452 g/mol. The summed E-state index contributed by atoms with van der Waals surface area (Å²) < 4.78 is 32.6. The van der Waals surface area contributed by atoms with Crippen LogP contribution in [-0.4, -0.2) is 47.6 Å². The summed E-state index contributed by atoms with van der Waals surface area (Å²) in [6.45, 7) is 1.36. The summed E-state index contributed by atoms with van der Waals surface area (Å²) in [7, 11) is 0. The van der Waals surface area contributed by atoms with Crippen molar-refractivity contribution >= 4 is 5.71 Å². The van der Waals surface area contributed by atoms with Gasteiger partial charge in [0.25, 0.3) is 0 Å². The molecule has 0 bridgehead atoms. The Labute approximate surface area is 191 Å². The van der Waals surface area contributed by atoms with E-state index < -0.39 is 6.10 Å². The summed E-state index contributed by atoms with van der Waals surface area (Å²) in [5.74, 6) is 0.0759. The van der Waals surface area contributed by atoms with E-state index in [1.807, 2.05) is 41.3 Å². The average Bonchev–Trinajstić information content (AvgIpc) is 3.27. The molecule has 0 aromatic heterocycles. The molecule has 5 nitrogen and oxygen atoms in total. The number of aliphatic hydroxyl groups excluding tert-OH is 1. The maximum Gasteiger partial charge on any atom is 0.145 e. The van der Waals surface area contributed by atoms with E-state index in [0.29, 0.717) is 31.8 Å². The first-order chi connectivity index (χ1) is 16.0. The number of hydrogen-bond acceptors (Lipinski definition) is 5. The third-order valence-electron chi connectivity index (χ3n) is 5.32. The average molecular weight is 453 g/mol. The van der Waals surface area contributed by atoms with Gasteiger partial charge in [-0.1, -0.05) is 47.6 Å². The van der Waals surface area contributed by atoms with E-state index in [9.17, 15) is 13.9 Å². The third kappa shape index (κ3) is 6.84. The molecule has 3 aromatic carbocycles. The minimum Gasteiger partial charge on any atom is -0.491 e. The van der Waals surface area contributed by atoms with Crippen molar-refractivity contribution < 1.29 is 23.5 Å². The lowest BCUT2D eigenvalue weighted by atomic mass is 10.0. The predicted molar refractivity (Wildman–Crippen MR) is 122 cm³/mol. The van der Waals surface area contributed by atoms with Crippen molar-refractivity contribution in [1.29, 1.82) is 0 Å². The van der Waals surface area contributed by atoms with Crippen LogP contribution in [0.15, 0.2) is 84.0 Å². The van der Waals surface area contributed by atoms with Crippen LogP contribution in [0, 0.1) is 11.6 Å². The van der Waals surface area contributed by atoms with Crippen molar-refractivity contribution in [3.05, 3.63) is 102 Å². The number of aliphatic hydroxyl groups is 1. The van der Waals surface area contributed by atoms with Gasteiger partial charge in [-0.3, -0.25) is 4.90 Å². The molecule has 0 spiro atoms. The molecule has 0 radical (unpaired) electrons. The van der Waals surface area contributed by atoms with Crippen LogP contribution in [0.1, 0.15) is 17.5 Å². The van der Waals surface area contributed by atoms with Crippen LogP contribution in [0.4, 0.5) is 8.78 Å². The fraction of sp³-hybridized carbons (Fsp3) is 0.269. The number of benzene rings is 3. The molecular formula is C26H26F2N2O3. The van der Waals surface area contributed by atoms with E-state index in [0.717, 1.165) is 16.8 Å². The molecule has 0 saturated carbocycles. The molecule has 3 aromatic rings. The second-order valence-electron chi connectivity index (χ2n) is 8.08. The molecule has 1 heterocycles. The minimum absolute atomic E-state index is 0.131. The Hall–Kier alpha value is -3.29. The molecule has 2 unspecified atom stereocenters. The first-order valence-electron chi connectivity index (χ1n) is 10.9. The number of ether oxygens (including phenoxy) is 1. The Bertz CT molecular complexity index is 1060. The van der Waals surface area contributed by atoms with E-state index in [4.69, 9.17) is 9.57 Å².